The first-order chi connectivity index (χ1) is 12.7. The fourth-order valence-corrected chi connectivity index (χ4v) is 3.45. The highest BCUT2D eigenvalue weighted by atomic mass is 32.1. The topological polar surface area (TPSA) is 64.0 Å². The molecular formula is C20H15N3O2S. The fraction of sp³-hybridized carbons (Fsp3) is 0.0500. The second-order valence-corrected chi connectivity index (χ2v) is 6.62. The number of carbonyl (C=O) groups excluding carboxylic acids is 1. The molecule has 2 aromatic carbocycles. The van der Waals surface area contributed by atoms with E-state index in [4.69, 9.17) is 0 Å². The predicted molar refractivity (Wildman–Crippen MR) is 104 cm³/mol. The largest absolute Gasteiger partial charge is 0.324 e. The maximum atomic E-state index is 12.4. The molecule has 0 aliphatic rings. The molecular weight excluding hydrogens is 346 g/mol. The van der Waals surface area contributed by atoms with Crippen LogP contribution in [0.5, 0.6) is 0 Å². The third kappa shape index (κ3) is 3.27. The summed E-state index contributed by atoms with van der Waals surface area (Å²) < 4.78 is 1.18. The van der Waals surface area contributed by atoms with Crippen molar-refractivity contribution in [3.63, 3.8) is 0 Å². The summed E-state index contributed by atoms with van der Waals surface area (Å²) in [6.45, 7) is -0.133. The number of hydrogen-bond donors (Lipinski definition) is 1. The zero-order valence-electron chi connectivity index (χ0n) is 13.8. The van der Waals surface area contributed by atoms with Crippen molar-refractivity contribution in [2.75, 3.05) is 5.32 Å². The van der Waals surface area contributed by atoms with Gasteiger partial charge < -0.3 is 5.32 Å². The van der Waals surface area contributed by atoms with E-state index in [1.807, 2.05) is 47.8 Å². The minimum atomic E-state index is -0.294. The van der Waals surface area contributed by atoms with Crippen molar-refractivity contribution >= 4 is 33.7 Å². The van der Waals surface area contributed by atoms with Crippen LogP contribution in [0.25, 0.3) is 21.9 Å². The monoisotopic (exact) mass is 361 g/mol. The molecule has 0 bridgehead atoms. The third-order valence-corrected chi connectivity index (χ3v) is 4.74. The minimum absolute atomic E-state index is 0.133. The van der Waals surface area contributed by atoms with Gasteiger partial charge >= 0.3 is 0 Å². The van der Waals surface area contributed by atoms with E-state index in [0.717, 1.165) is 16.5 Å². The molecule has 0 saturated carbocycles. The van der Waals surface area contributed by atoms with Crippen LogP contribution in [0.2, 0.25) is 0 Å². The Morgan fingerprint density at radius 3 is 2.81 bits per heavy atom. The highest BCUT2D eigenvalue weighted by molar-refractivity contribution is 7.08. The summed E-state index contributed by atoms with van der Waals surface area (Å²) in [5.74, 6) is -0.294. The SMILES string of the molecule is O=C(Cn1ncc2ccccc2c1=O)Nc1cccc(-c2ccsc2)c1. The molecule has 128 valence electrons. The van der Waals surface area contributed by atoms with Crippen LogP contribution in [0, 0.1) is 0 Å². The van der Waals surface area contributed by atoms with Gasteiger partial charge in [-0.3, -0.25) is 9.59 Å². The molecule has 4 aromatic rings. The molecule has 1 N–H and O–H groups in total. The van der Waals surface area contributed by atoms with Gasteiger partial charge in [-0.1, -0.05) is 30.3 Å². The maximum absolute atomic E-state index is 12.4. The van der Waals surface area contributed by atoms with Gasteiger partial charge in [-0.2, -0.15) is 16.4 Å². The highest BCUT2D eigenvalue weighted by Gasteiger charge is 2.09. The van der Waals surface area contributed by atoms with E-state index in [-0.39, 0.29) is 18.0 Å². The Bertz CT molecular complexity index is 1130. The average molecular weight is 361 g/mol. The zero-order chi connectivity index (χ0) is 17.9. The van der Waals surface area contributed by atoms with Crippen molar-refractivity contribution in [2.45, 2.75) is 6.54 Å². The lowest BCUT2D eigenvalue weighted by Gasteiger charge is -2.08. The number of hydrogen-bond acceptors (Lipinski definition) is 4. The quantitative estimate of drug-likeness (QED) is 0.602. The van der Waals surface area contributed by atoms with Crippen LogP contribution in [0.4, 0.5) is 5.69 Å². The van der Waals surface area contributed by atoms with Crippen LogP contribution in [-0.2, 0) is 11.3 Å². The lowest BCUT2D eigenvalue weighted by molar-refractivity contribution is -0.117. The Labute approximate surface area is 153 Å². The molecule has 26 heavy (non-hydrogen) atoms. The number of rotatable bonds is 4. The molecule has 0 atom stereocenters. The van der Waals surface area contributed by atoms with Crippen molar-refractivity contribution in [3.05, 3.63) is 81.9 Å². The van der Waals surface area contributed by atoms with E-state index >= 15 is 0 Å². The van der Waals surface area contributed by atoms with E-state index in [9.17, 15) is 9.59 Å². The number of nitrogens with one attached hydrogen (secondary N) is 1. The van der Waals surface area contributed by atoms with Crippen LogP contribution in [-0.4, -0.2) is 15.7 Å². The Morgan fingerprint density at radius 1 is 1.08 bits per heavy atom. The zero-order valence-corrected chi connectivity index (χ0v) is 14.6. The minimum Gasteiger partial charge on any atom is -0.324 e. The first kappa shape index (κ1) is 16.2. The fourth-order valence-electron chi connectivity index (χ4n) is 2.78. The molecule has 0 radical (unpaired) electrons. The van der Waals surface area contributed by atoms with Gasteiger partial charge in [-0.25, -0.2) is 4.68 Å². The van der Waals surface area contributed by atoms with E-state index in [1.54, 1.807) is 29.7 Å². The van der Waals surface area contributed by atoms with Crippen LogP contribution in [0.3, 0.4) is 0 Å². The molecule has 0 aliphatic carbocycles. The van der Waals surface area contributed by atoms with Gasteiger partial charge in [0.15, 0.2) is 0 Å². The lowest BCUT2D eigenvalue weighted by atomic mass is 10.1. The number of anilines is 1. The number of fused-ring (bicyclic) bond motifs is 1. The van der Waals surface area contributed by atoms with E-state index in [1.165, 1.54) is 4.68 Å². The molecule has 0 spiro atoms. The summed E-state index contributed by atoms with van der Waals surface area (Å²) in [6.07, 6.45) is 1.60. The first-order valence-corrected chi connectivity index (χ1v) is 9.02. The second-order valence-electron chi connectivity index (χ2n) is 5.84. The number of thiophene rings is 1. The van der Waals surface area contributed by atoms with Gasteiger partial charge in [-0.05, 0) is 46.2 Å². The van der Waals surface area contributed by atoms with Crippen molar-refractivity contribution < 1.29 is 4.79 Å². The van der Waals surface area contributed by atoms with Crippen molar-refractivity contribution in [3.8, 4) is 11.1 Å². The van der Waals surface area contributed by atoms with Crippen molar-refractivity contribution in [1.82, 2.24) is 9.78 Å². The summed E-state index contributed by atoms with van der Waals surface area (Å²) >= 11 is 1.62. The second kappa shape index (κ2) is 6.93. The number of benzene rings is 2. The van der Waals surface area contributed by atoms with Gasteiger partial charge in [0.05, 0.1) is 11.6 Å². The standard InChI is InChI=1S/C20H15N3O2S/c24-19(12-23-20(25)18-7-2-1-4-15(18)11-21-23)22-17-6-3-5-14(10-17)16-8-9-26-13-16/h1-11,13H,12H2,(H,22,24). The summed E-state index contributed by atoms with van der Waals surface area (Å²) in [5.41, 5.74) is 2.56. The van der Waals surface area contributed by atoms with Gasteiger partial charge in [-0.15, -0.1) is 0 Å². The molecule has 0 fully saturated rings. The van der Waals surface area contributed by atoms with Crippen LogP contribution >= 0.6 is 11.3 Å². The number of carbonyl (C=O) groups is 1. The molecule has 0 aliphatic heterocycles. The lowest BCUT2D eigenvalue weighted by Crippen LogP contribution is -2.29. The average Bonchev–Trinajstić information content (AvgIpc) is 3.19. The molecule has 0 unspecified atom stereocenters. The molecule has 2 aromatic heterocycles. The Morgan fingerprint density at radius 2 is 1.96 bits per heavy atom. The van der Waals surface area contributed by atoms with Crippen molar-refractivity contribution in [2.24, 2.45) is 0 Å². The summed E-state index contributed by atoms with van der Waals surface area (Å²) in [4.78, 5) is 24.8. The smallest absolute Gasteiger partial charge is 0.275 e. The number of nitrogens with zero attached hydrogens (tertiary/aromatic N) is 2. The van der Waals surface area contributed by atoms with Crippen molar-refractivity contribution in [1.29, 1.82) is 0 Å². The van der Waals surface area contributed by atoms with Crippen LogP contribution < -0.4 is 10.9 Å². The molecule has 0 saturated heterocycles. The molecule has 5 nitrogen and oxygen atoms in total. The molecule has 2 heterocycles. The van der Waals surface area contributed by atoms with Gasteiger partial charge in [0.2, 0.25) is 5.91 Å². The van der Waals surface area contributed by atoms with Gasteiger partial charge in [0, 0.05) is 11.1 Å². The number of amides is 1. The summed E-state index contributed by atoms with van der Waals surface area (Å²) in [5, 5.41) is 12.3. The predicted octanol–water partition coefficient (Wildman–Crippen LogP) is 3.76. The third-order valence-electron chi connectivity index (χ3n) is 4.06. The Hall–Kier alpha value is -3.25. The first-order valence-electron chi connectivity index (χ1n) is 8.08. The van der Waals surface area contributed by atoms with Gasteiger partial charge in [0.25, 0.3) is 5.56 Å². The molecule has 4 rings (SSSR count). The van der Waals surface area contributed by atoms with E-state index in [0.29, 0.717) is 11.1 Å². The Kier molecular flexibility index (Phi) is 4.33. The highest BCUT2D eigenvalue weighted by Crippen LogP contribution is 2.24. The Balaban J connectivity index is 1.54. The summed E-state index contributed by atoms with van der Waals surface area (Å²) in [6, 6.07) is 16.9. The van der Waals surface area contributed by atoms with Crippen LogP contribution in [0.15, 0.2) is 76.3 Å². The van der Waals surface area contributed by atoms with E-state index in [2.05, 4.69) is 15.8 Å². The summed E-state index contributed by atoms with van der Waals surface area (Å²) in [7, 11) is 0. The van der Waals surface area contributed by atoms with Crippen LogP contribution in [0.1, 0.15) is 0 Å². The molecule has 6 heteroatoms. The number of aromatic nitrogens is 2. The van der Waals surface area contributed by atoms with E-state index < -0.39 is 0 Å². The normalized spacial score (nSPS) is 10.8. The molecule has 1 amide bonds. The maximum Gasteiger partial charge on any atom is 0.275 e. The van der Waals surface area contributed by atoms with Gasteiger partial charge in [0.1, 0.15) is 6.54 Å².